The van der Waals surface area contributed by atoms with E-state index in [1.54, 1.807) is 0 Å². The van der Waals surface area contributed by atoms with Crippen LogP contribution in [-0.2, 0) is 5.54 Å². The summed E-state index contributed by atoms with van der Waals surface area (Å²) in [6.45, 7) is 0. The third kappa shape index (κ3) is 2.33. The van der Waals surface area contributed by atoms with Crippen molar-refractivity contribution in [1.29, 1.82) is 0 Å². The van der Waals surface area contributed by atoms with Gasteiger partial charge in [-0.15, -0.1) is 0 Å². The lowest BCUT2D eigenvalue weighted by Crippen LogP contribution is -2.19. The van der Waals surface area contributed by atoms with Crippen LogP contribution < -0.4 is 0 Å². The Balaban J connectivity index is 1.83. The van der Waals surface area contributed by atoms with E-state index in [1.165, 1.54) is 56.9 Å². The summed E-state index contributed by atoms with van der Waals surface area (Å²) in [5.74, 6) is 0. The molecule has 0 aliphatic heterocycles. The van der Waals surface area contributed by atoms with Crippen molar-refractivity contribution in [3.8, 4) is 0 Å². The highest BCUT2D eigenvalue weighted by Gasteiger charge is 2.36. The normalized spacial score (nSPS) is 24.0. The summed E-state index contributed by atoms with van der Waals surface area (Å²) in [4.78, 5) is 0. The monoisotopic (exact) mass is 242 g/mol. The van der Waals surface area contributed by atoms with E-state index in [2.05, 4.69) is 35.4 Å². The maximum absolute atomic E-state index is 4.83. The second kappa shape index (κ2) is 5.21. The second-order valence-corrected chi connectivity index (χ2v) is 5.76. The van der Waals surface area contributed by atoms with Gasteiger partial charge >= 0.3 is 0 Å². The Bertz CT molecular complexity index is 398. The fraction of sp³-hybridized carbons (Fsp3) is 0.625. The van der Waals surface area contributed by atoms with Gasteiger partial charge in [0.15, 0.2) is 0 Å². The molecule has 2 saturated carbocycles. The summed E-state index contributed by atoms with van der Waals surface area (Å²) in [5.41, 5.74) is 1.37. The molecule has 96 valence electrons. The zero-order valence-electron chi connectivity index (χ0n) is 11.0. The molecule has 0 atom stereocenters. The van der Waals surface area contributed by atoms with Gasteiger partial charge in [-0.1, -0.05) is 56.0 Å². The van der Waals surface area contributed by atoms with Crippen LogP contribution in [0.1, 0.15) is 56.9 Å². The van der Waals surface area contributed by atoms with E-state index in [9.17, 15) is 0 Å². The standard InChI is InChI=1S/C16H22N2/c1-2-8-14(9-3-1)16(12-6-7-13-16)18-17-15-10-4-5-11-15/h1-3,8-9,15H,4-7,10-13H2. The third-order valence-corrected chi connectivity index (χ3v) is 4.48. The van der Waals surface area contributed by atoms with Crippen LogP contribution in [0.25, 0.3) is 0 Å². The number of hydrogen-bond donors (Lipinski definition) is 0. The molecule has 2 heteroatoms. The van der Waals surface area contributed by atoms with Crippen molar-refractivity contribution < 1.29 is 0 Å². The maximum atomic E-state index is 4.83. The summed E-state index contributed by atoms with van der Waals surface area (Å²) in [6, 6.07) is 11.3. The van der Waals surface area contributed by atoms with Gasteiger partial charge in [-0.25, -0.2) is 0 Å². The molecule has 0 N–H and O–H groups in total. The molecule has 0 aromatic heterocycles. The average Bonchev–Trinajstić information content (AvgIpc) is 3.10. The summed E-state index contributed by atoms with van der Waals surface area (Å²) in [6.07, 6.45) is 10.1. The minimum atomic E-state index is 0.00382. The average molecular weight is 242 g/mol. The van der Waals surface area contributed by atoms with Gasteiger partial charge in [-0.05, 0) is 31.2 Å². The maximum Gasteiger partial charge on any atom is 0.106 e. The highest BCUT2D eigenvalue weighted by Crippen LogP contribution is 2.43. The molecule has 3 rings (SSSR count). The molecule has 0 heterocycles. The van der Waals surface area contributed by atoms with E-state index in [1.807, 2.05) is 0 Å². The van der Waals surface area contributed by atoms with Crippen LogP contribution in [0.2, 0.25) is 0 Å². The molecule has 2 aliphatic rings. The highest BCUT2D eigenvalue weighted by molar-refractivity contribution is 5.25. The molecule has 0 saturated heterocycles. The van der Waals surface area contributed by atoms with E-state index in [0.29, 0.717) is 6.04 Å². The first-order valence-electron chi connectivity index (χ1n) is 7.37. The zero-order chi connectivity index (χ0) is 12.3. The van der Waals surface area contributed by atoms with E-state index < -0.39 is 0 Å². The molecule has 0 radical (unpaired) electrons. The first kappa shape index (κ1) is 11.9. The topological polar surface area (TPSA) is 24.7 Å². The number of benzene rings is 1. The van der Waals surface area contributed by atoms with Gasteiger partial charge in [0, 0.05) is 0 Å². The first-order valence-corrected chi connectivity index (χ1v) is 7.37. The van der Waals surface area contributed by atoms with Crippen molar-refractivity contribution >= 4 is 0 Å². The highest BCUT2D eigenvalue weighted by atomic mass is 15.2. The number of nitrogens with zero attached hydrogens (tertiary/aromatic N) is 2. The Morgan fingerprint density at radius 1 is 0.889 bits per heavy atom. The third-order valence-electron chi connectivity index (χ3n) is 4.48. The minimum Gasteiger partial charge on any atom is -0.190 e. The van der Waals surface area contributed by atoms with E-state index in [-0.39, 0.29) is 5.54 Å². The van der Waals surface area contributed by atoms with Crippen LogP contribution in [0.4, 0.5) is 0 Å². The molecule has 0 amide bonds. The predicted octanol–water partition coefficient (Wildman–Crippen LogP) is 4.85. The Morgan fingerprint density at radius 2 is 1.56 bits per heavy atom. The molecule has 1 aromatic carbocycles. The summed E-state index contributed by atoms with van der Waals surface area (Å²) >= 11 is 0. The van der Waals surface area contributed by atoms with Crippen molar-refractivity contribution in [2.75, 3.05) is 0 Å². The van der Waals surface area contributed by atoms with Gasteiger partial charge in [-0.2, -0.15) is 10.2 Å². The van der Waals surface area contributed by atoms with Crippen LogP contribution in [0, 0.1) is 0 Å². The molecule has 0 bridgehead atoms. The summed E-state index contributed by atoms with van der Waals surface area (Å²) in [7, 11) is 0. The second-order valence-electron chi connectivity index (χ2n) is 5.76. The fourth-order valence-corrected chi connectivity index (χ4v) is 3.37. The molecule has 18 heavy (non-hydrogen) atoms. The smallest absolute Gasteiger partial charge is 0.106 e. The Hall–Kier alpha value is -1.18. The SMILES string of the molecule is c1ccc(C2(N=NC3CCCC3)CCCC2)cc1. The van der Waals surface area contributed by atoms with Crippen molar-refractivity contribution in [3.63, 3.8) is 0 Å². The van der Waals surface area contributed by atoms with Crippen molar-refractivity contribution in [2.24, 2.45) is 10.2 Å². The fourth-order valence-electron chi connectivity index (χ4n) is 3.37. The molecule has 2 fully saturated rings. The van der Waals surface area contributed by atoms with Gasteiger partial charge in [-0.3, -0.25) is 0 Å². The molecular formula is C16H22N2. The number of azo groups is 1. The molecule has 2 nitrogen and oxygen atoms in total. The van der Waals surface area contributed by atoms with Gasteiger partial charge < -0.3 is 0 Å². The van der Waals surface area contributed by atoms with Crippen molar-refractivity contribution in [1.82, 2.24) is 0 Å². The molecule has 2 aliphatic carbocycles. The van der Waals surface area contributed by atoms with Gasteiger partial charge in [0.25, 0.3) is 0 Å². The van der Waals surface area contributed by atoms with Crippen molar-refractivity contribution in [3.05, 3.63) is 35.9 Å². The predicted molar refractivity (Wildman–Crippen MR) is 73.7 cm³/mol. The Morgan fingerprint density at radius 3 is 2.22 bits per heavy atom. The number of rotatable bonds is 3. The lowest BCUT2D eigenvalue weighted by Gasteiger charge is -2.24. The van der Waals surface area contributed by atoms with Crippen LogP contribution in [0.5, 0.6) is 0 Å². The zero-order valence-corrected chi connectivity index (χ0v) is 11.0. The van der Waals surface area contributed by atoms with Crippen LogP contribution in [-0.4, -0.2) is 6.04 Å². The van der Waals surface area contributed by atoms with Crippen LogP contribution in [0.15, 0.2) is 40.6 Å². The van der Waals surface area contributed by atoms with Crippen LogP contribution >= 0.6 is 0 Å². The van der Waals surface area contributed by atoms with Gasteiger partial charge in [0.1, 0.15) is 5.54 Å². The van der Waals surface area contributed by atoms with E-state index in [4.69, 9.17) is 5.11 Å². The Labute approximate surface area is 110 Å². The molecule has 0 spiro atoms. The summed E-state index contributed by atoms with van der Waals surface area (Å²) in [5, 5.41) is 9.51. The lowest BCUT2D eigenvalue weighted by atomic mass is 9.89. The lowest BCUT2D eigenvalue weighted by molar-refractivity contribution is 0.420. The van der Waals surface area contributed by atoms with Crippen LogP contribution in [0.3, 0.4) is 0 Å². The quantitative estimate of drug-likeness (QED) is 0.677. The minimum absolute atomic E-state index is 0.00382. The molecular weight excluding hydrogens is 220 g/mol. The Kier molecular flexibility index (Phi) is 3.44. The molecule has 0 unspecified atom stereocenters. The molecule has 1 aromatic rings. The number of hydrogen-bond acceptors (Lipinski definition) is 2. The van der Waals surface area contributed by atoms with E-state index in [0.717, 1.165) is 0 Å². The van der Waals surface area contributed by atoms with Crippen molar-refractivity contribution in [2.45, 2.75) is 62.9 Å². The van der Waals surface area contributed by atoms with E-state index >= 15 is 0 Å². The first-order chi connectivity index (χ1) is 8.89. The largest absolute Gasteiger partial charge is 0.190 e. The summed E-state index contributed by atoms with van der Waals surface area (Å²) < 4.78 is 0. The van der Waals surface area contributed by atoms with Gasteiger partial charge in [0.2, 0.25) is 0 Å². The van der Waals surface area contributed by atoms with Gasteiger partial charge in [0.05, 0.1) is 6.04 Å².